The summed E-state index contributed by atoms with van der Waals surface area (Å²) in [5.74, 6) is -0.371. The highest BCUT2D eigenvalue weighted by Crippen LogP contribution is 2.32. The zero-order valence-corrected chi connectivity index (χ0v) is 25.5. The number of amides is 2. The molecule has 8 nitrogen and oxygen atoms in total. The van der Waals surface area contributed by atoms with Crippen LogP contribution in [0.15, 0.2) is 83.8 Å². The molecule has 0 spiro atoms. The van der Waals surface area contributed by atoms with Crippen molar-refractivity contribution in [2.24, 2.45) is 0 Å². The molecule has 1 fully saturated rings. The molecule has 1 N–H and O–H groups in total. The Morgan fingerprint density at radius 2 is 1.64 bits per heavy atom. The Balaban J connectivity index is 1.72. The van der Waals surface area contributed by atoms with Gasteiger partial charge in [-0.1, -0.05) is 86.3 Å². The molecule has 0 heterocycles. The van der Waals surface area contributed by atoms with Gasteiger partial charge in [0.15, 0.2) is 0 Å². The van der Waals surface area contributed by atoms with E-state index in [4.69, 9.17) is 4.74 Å². The average Bonchev–Trinajstić information content (AvgIpc) is 3.00. The third-order valence-electron chi connectivity index (χ3n) is 7.74. The van der Waals surface area contributed by atoms with Gasteiger partial charge in [-0.25, -0.2) is 8.42 Å². The highest BCUT2D eigenvalue weighted by molar-refractivity contribution is 7.92. The lowest BCUT2D eigenvalue weighted by Gasteiger charge is -2.34. The van der Waals surface area contributed by atoms with Crippen LogP contribution in [0, 0.1) is 6.92 Å². The number of para-hydroxylation sites is 2. The molecule has 0 aromatic heterocycles. The molecule has 224 valence electrons. The highest BCUT2D eigenvalue weighted by atomic mass is 32.2. The second-order valence-electron chi connectivity index (χ2n) is 10.8. The fourth-order valence-corrected chi connectivity index (χ4v) is 6.99. The lowest BCUT2D eigenvalue weighted by atomic mass is 9.95. The van der Waals surface area contributed by atoms with Crippen LogP contribution in [-0.2, 0) is 26.2 Å². The Hall–Kier alpha value is -3.85. The number of benzene rings is 3. The minimum Gasteiger partial charge on any atom is -0.495 e. The smallest absolute Gasteiger partial charge is 0.264 e. The van der Waals surface area contributed by atoms with E-state index in [-0.39, 0.29) is 29.1 Å². The molecule has 2 amide bonds. The monoisotopic (exact) mass is 591 g/mol. The predicted molar refractivity (Wildman–Crippen MR) is 165 cm³/mol. The molecule has 1 aliphatic carbocycles. The number of sulfonamides is 1. The van der Waals surface area contributed by atoms with Crippen LogP contribution in [0.5, 0.6) is 5.75 Å². The number of nitrogens with one attached hydrogen (secondary N) is 1. The average molecular weight is 592 g/mol. The van der Waals surface area contributed by atoms with Gasteiger partial charge in [0, 0.05) is 12.6 Å². The zero-order valence-electron chi connectivity index (χ0n) is 24.7. The molecular formula is C33H41N3O5S. The number of rotatable bonds is 12. The van der Waals surface area contributed by atoms with Crippen LogP contribution >= 0.6 is 0 Å². The number of carbonyl (C=O) groups is 2. The van der Waals surface area contributed by atoms with Crippen LogP contribution in [-0.4, -0.2) is 50.9 Å². The van der Waals surface area contributed by atoms with Gasteiger partial charge in [-0.05, 0) is 56.0 Å². The summed E-state index contributed by atoms with van der Waals surface area (Å²) in [6.07, 6.45) is 5.53. The Bertz CT molecular complexity index is 1460. The second-order valence-corrected chi connectivity index (χ2v) is 12.6. The van der Waals surface area contributed by atoms with Gasteiger partial charge < -0.3 is 15.0 Å². The number of carbonyl (C=O) groups excluding carboxylic acids is 2. The Morgan fingerprint density at radius 1 is 0.952 bits per heavy atom. The zero-order chi connectivity index (χ0) is 30.1. The number of ether oxygens (including phenoxy) is 1. The van der Waals surface area contributed by atoms with E-state index >= 15 is 0 Å². The maximum Gasteiger partial charge on any atom is 0.264 e. The number of hydrogen-bond donors (Lipinski definition) is 1. The molecule has 0 bridgehead atoms. The number of anilines is 1. The van der Waals surface area contributed by atoms with Crippen LogP contribution in [0.2, 0.25) is 0 Å². The van der Waals surface area contributed by atoms with Crippen molar-refractivity contribution in [2.45, 2.75) is 75.9 Å². The summed E-state index contributed by atoms with van der Waals surface area (Å²) in [5.41, 5.74) is 2.14. The highest BCUT2D eigenvalue weighted by Gasteiger charge is 2.35. The molecule has 42 heavy (non-hydrogen) atoms. The largest absolute Gasteiger partial charge is 0.495 e. The van der Waals surface area contributed by atoms with Gasteiger partial charge in [-0.2, -0.15) is 0 Å². The van der Waals surface area contributed by atoms with Crippen molar-refractivity contribution < 1.29 is 22.7 Å². The molecule has 4 rings (SSSR count). The molecule has 0 radical (unpaired) electrons. The maximum absolute atomic E-state index is 14.3. The second kappa shape index (κ2) is 14.4. The van der Waals surface area contributed by atoms with E-state index in [2.05, 4.69) is 5.32 Å². The van der Waals surface area contributed by atoms with E-state index in [1.807, 2.05) is 38.1 Å². The molecule has 9 heteroatoms. The van der Waals surface area contributed by atoms with E-state index in [1.165, 1.54) is 24.1 Å². The van der Waals surface area contributed by atoms with Crippen molar-refractivity contribution >= 4 is 27.5 Å². The molecule has 0 saturated heterocycles. The summed E-state index contributed by atoms with van der Waals surface area (Å²) >= 11 is 0. The third-order valence-corrected chi connectivity index (χ3v) is 9.51. The van der Waals surface area contributed by atoms with Crippen LogP contribution in [0.4, 0.5) is 5.69 Å². The van der Waals surface area contributed by atoms with Crippen molar-refractivity contribution in [3.05, 3.63) is 90.0 Å². The minimum atomic E-state index is -4.16. The quantitative estimate of drug-likeness (QED) is 0.302. The number of hydrogen-bond acceptors (Lipinski definition) is 5. The van der Waals surface area contributed by atoms with E-state index in [9.17, 15) is 18.0 Å². The first kappa shape index (κ1) is 31.1. The molecule has 1 atom stereocenters. The Kier molecular flexibility index (Phi) is 10.6. The SMILES string of the molecule is CC[C@@H](C(=O)NC1CCCCC1)N(Cc1cccc(C)c1)C(=O)CN(c1ccccc1OC)S(=O)(=O)c1ccccc1. The van der Waals surface area contributed by atoms with Gasteiger partial charge in [-0.3, -0.25) is 13.9 Å². The van der Waals surface area contributed by atoms with Gasteiger partial charge in [0.1, 0.15) is 18.3 Å². The molecule has 3 aromatic rings. The fourth-order valence-electron chi connectivity index (χ4n) is 5.54. The first-order valence-electron chi connectivity index (χ1n) is 14.6. The Labute approximate surface area is 249 Å². The molecule has 1 aliphatic rings. The number of aryl methyl sites for hydroxylation is 1. The van der Waals surface area contributed by atoms with E-state index in [0.717, 1.165) is 47.5 Å². The van der Waals surface area contributed by atoms with E-state index < -0.39 is 28.5 Å². The van der Waals surface area contributed by atoms with Crippen LogP contribution in [0.1, 0.15) is 56.6 Å². The lowest BCUT2D eigenvalue weighted by molar-refractivity contribution is -0.140. The van der Waals surface area contributed by atoms with Crippen LogP contribution < -0.4 is 14.4 Å². The maximum atomic E-state index is 14.3. The van der Waals surface area contributed by atoms with Crippen molar-refractivity contribution in [3.8, 4) is 5.75 Å². The van der Waals surface area contributed by atoms with Gasteiger partial charge in [-0.15, -0.1) is 0 Å². The van der Waals surface area contributed by atoms with Crippen molar-refractivity contribution in [3.63, 3.8) is 0 Å². The summed E-state index contributed by atoms with van der Waals surface area (Å²) in [5, 5.41) is 3.18. The minimum absolute atomic E-state index is 0.0519. The lowest BCUT2D eigenvalue weighted by Crippen LogP contribution is -2.54. The molecule has 3 aromatic carbocycles. The van der Waals surface area contributed by atoms with Gasteiger partial charge in [0.25, 0.3) is 10.0 Å². The summed E-state index contributed by atoms with van der Waals surface area (Å²) in [6.45, 7) is 3.51. The predicted octanol–water partition coefficient (Wildman–Crippen LogP) is 5.46. The third kappa shape index (κ3) is 7.50. The van der Waals surface area contributed by atoms with Crippen molar-refractivity contribution in [1.29, 1.82) is 0 Å². The van der Waals surface area contributed by atoms with Crippen molar-refractivity contribution in [1.82, 2.24) is 10.2 Å². The first-order chi connectivity index (χ1) is 20.2. The summed E-state index contributed by atoms with van der Waals surface area (Å²) < 4.78 is 34.6. The van der Waals surface area contributed by atoms with Gasteiger partial charge in [0.2, 0.25) is 11.8 Å². The summed E-state index contributed by atoms with van der Waals surface area (Å²) in [7, 11) is -2.71. The van der Waals surface area contributed by atoms with Gasteiger partial charge in [0.05, 0.1) is 17.7 Å². The van der Waals surface area contributed by atoms with Crippen molar-refractivity contribution in [2.75, 3.05) is 18.0 Å². The number of methoxy groups -OCH3 is 1. The molecule has 1 saturated carbocycles. The summed E-state index contributed by atoms with van der Waals surface area (Å²) in [6, 6.07) is 21.8. The normalized spacial score (nSPS) is 14.5. The van der Waals surface area contributed by atoms with Crippen LogP contribution in [0.3, 0.4) is 0 Å². The summed E-state index contributed by atoms with van der Waals surface area (Å²) in [4.78, 5) is 29.5. The molecule has 0 unspecified atom stereocenters. The van der Waals surface area contributed by atoms with Gasteiger partial charge >= 0.3 is 0 Å². The fraction of sp³-hybridized carbons (Fsp3) is 0.394. The first-order valence-corrected chi connectivity index (χ1v) is 16.0. The molecule has 0 aliphatic heterocycles. The van der Waals surface area contributed by atoms with E-state index in [0.29, 0.717) is 12.2 Å². The van der Waals surface area contributed by atoms with Crippen LogP contribution in [0.25, 0.3) is 0 Å². The molecular weight excluding hydrogens is 550 g/mol. The number of nitrogens with zero attached hydrogens (tertiary/aromatic N) is 2. The topological polar surface area (TPSA) is 96.0 Å². The van der Waals surface area contributed by atoms with E-state index in [1.54, 1.807) is 42.5 Å². The standard InChI is InChI=1S/C33H41N3O5S/c1-4-29(33(38)34-27-16-7-5-8-17-27)35(23-26-15-13-14-25(2)22-26)32(37)24-36(30-20-11-12-21-31(30)41-3)42(39,40)28-18-9-6-10-19-28/h6,9-15,18-22,27,29H,4-5,7-8,16-17,23-24H2,1-3H3,(H,34,38)/t29-/m0/s1. The Morgan fingerprint density at radius 3 is 2.31 bits per heavy atom.